The first-order chi connectivity index (χ1) is 13.0. The van der Waals surface area contributed by atoms with Crippen molar-refractivity contribution < 1.29 is 27.2 Å². The molecule has 0 saturated carbocycles. The quantitative estimate of drug-likeness (QED) is 0.524. The van der Waals surface area contributed by atoms with Gasteiger partial charge in [0.05, 0.1) is 5.69 Å². The van der Waals surface area contributed by atoms with Crippen LogP contribution in [0.5, 0.6) is 0 Å². The van der Waals surface area contributed by atoms with E-state index in [0.29, 0.717) is 17.3 Å². The van der Waals surface area contributed by atoms with Gasteiger partial charge >= 0.3 is 0 Å². The van der Waals surface area contributed by atoms with E-state index in [4.69, 9.17) is 9.25 Å². The average Bonchev–Trinajstić information content (AvgIpc) is 3.10. The maximum absolute atomic E-state index is 13.4. The number of nitrogens with one attached hydrogen (secondary N) is 1. The molecule has 0 bridgehead atoms. The van der Waals surface area contributed by atoms with Crippen LogP contribution in [0.1, 0.15) is 5.69 Å². The lowest BCUT2D eigenvalue weighted by Crippen LogP contribution is -2.14. The number of hydrogen-bond acceptors (Lipinski definition) is 5. The van der Waals surface area contributed by atoms with E-state index in [1.54, 1.807) is 6.07 Å². The first-order valence-corrected chi connectivity index (χ1v) is 7.63. The highest BCUT2D eigenvalue weighted by atomic mass is 19.1. The van der Waals surface area contributed by atoms with Gasteiger partial charge in [0.25, 0.3) is 5.91 Å². The van der Waals surface area contributed by atoms with E-state index < -0.39 is 23.4 Å². The van der Waals surface area contributed by atoms with Crippen molar-refractivity contribution in [1.29, 1.82) is 0 Å². The first-order valence-electron chi connectivity index (χ1n) is 7.63. The number of benzene rings is 2. The number of aromatic nitrogens is 1. The third-order valence-corrected chi connectivity index (χ3v) is 3.27. The molecular weight excluding hydrogens is 363 g/mol. The Bertz CT molecular complexity index is 989. The molecule has 0 atom stereocenters. The van der Waals surface area contributed by atoms with Gasteiger partial charge in [0.15, 0.2) is 6.61 Å². The van der Waals surface area contributed by atoms with Gasteiger partial charge in [0.2, 0.25) is 5.89 Å². The molecule has 1 N–H and O–H groups in total. The van der Waals surface area contributed by atoms with E-state index >= 15 is 0 Å². The van der Waals surface area contributed by atoms with Crippen LogP contribution in [0, 0.1) is 17.5 Å². The summed E-state index contributed by atoms with van der Waals surface area (Å²) in [6.45, 7) is -0.104. The second-order valence-electron chi connectivity index (χ2n) is 5.28. The second kappa shape index (κ2) is 8.17. The minimum absolute atomic E-state index is 0.104. The van der Waals surface area contributed by atoms with Crippen molar-refractivity contribution in [3.05, 3.63) is 71.9 Å². The summed E-state index contributed by atoms with van der Waals surface area (Å²) in [5, 5.41) is 5.62. The Morgan fingerprint density at radius 2 is 2.00 bits per heavy atom. The summed E-state index contributed by atoms with van der Waals surface area (Å²) in [6, 6.07) is 8.47. The molecule has 9 heteroatoms. The molecule has 1 heterocycles. The van der Waals surface area contributed by atoms with E-state index in [1.807, 2.05) is 0 Å². The molecular formula is C18H12F3N3O3. The van der Waals surface area contributed by atoms with Crippen molar-refractivity contribution in [3.63, 3.8) is 0 Å². The lowest BCUT2D eigenvalue weighted by molar-refractivity contribution is -0.110. The van der Waals surface area contributed by atoms with Gasteiger partial charge in [-0.1, -0.05) is 11.2 Å². The number of nitrogens with zero attached hydrogens (tertiary/aromatic N) is 2. The average molecular weight is 375 g/mol. The van der Waals surface area contributed by atoms with Crippen molar-refractivity contribution in [2.45, 2.75) is 6.61 Å². The van der Waals surface area contributed by atoms with Gasteiger partial charge in [-0.3, -0.25) is 4.79 Å². The molecule has 27 heavy (non-hydrogen) atoms. The summed E-state index contributed by atoms with van der Waals surface area (Å²) < 4.78 is 44.6. The van der Waals surface area contributed by atoms with Gasteiger partial charge in [0.1, 0.15) is 35.6 Å². The third kappa shape index (κ3) is 4.94. The highest BCUT2D eigenvalue weighted by molar-refractivity contribution is 6.31. The maximum atomic E-state index is 13.4. The highest BCUT2D eigenvalue weighted by Gasteiger charge is 2.09. The molecule has 0 unspecified atom stereocenters. The summed E-state index contributed by atoms with van der Waals surface area (Å²) in [4.78, 5) is 20.6. The highest BCUT2D eigenvalue weighted by Crippen LogP contribution is 2.19. The Kier molecular flexibility index (Phi) is 5.50. The van der Waals surface area contributed by atoms with Gasteiger partial charge in [-0.15, -0.1) is 0 Å². The van der Waals surface area contributed by atoms with Crippen LogP contribution >= 0.6 is 0 Å². The molecule has 0 spiro atoms. The maximum Gasteiger partial charge on any atom is 0.270 e. The lowest BCUT2D eigenvalue weighted by Gasteiger charge is -2.02. The molecule has 6 nitrogen and oxygen atoms in total. The van der Waals surface area contributed by atoms with Crippen LogP contribution in [-0.4, -0.2) is 17.1 Å². The molecule has 1 aromatic heterocycles. The van der Waals surface area contributed by atoms with Crippen molar-refractivity contribution in [3.8, 4) is 11.5 Å². The monoisotopic (exact) mass is 375 g/mol. The van der Waals surface area contributed by atoms with Crippen LogP contribution in [0.25, 0.3) is 11.5 Å². The molecule has 0 radical (unpaired) electrons. The van der Waals surface area contributed by atoms with Crippen LogP contribution in [0.15, 0.2) is 58.3 Å². The Hall–Kier alpha value is -3.62. The molecule has 0 fully saturated rings. The fourth-order valence-electron chi connectivity index (χ4n) is 2.07. The first kappa shape index (κ1) is 18.2. The number of halogens is 3. The van der Waals surface area contributed by atoms with E-state index in [9.17, 15) is 18.0 Å². The van der Waals surface area contributed by atoms with Crippen LogP contribution in [0.4, 0.5) is 18.9 Å². The van der Waals surface area contributed by atoms with Crippen molar-refractivity contribution >= 4 is 17.8 Å². The van der Waals surface area contributed by atoms with E-state index in [-0.39, 0.29) is 18.2 Å². The molecule has 3 rings (SSSR count). The number of anilines is 1. The summed E-state index contributed by atoms with van der Waals surface area (Å²) in [6.07, 6.45) is 2.10. The molecule has 0 saturated heterocycles. The number of amides is 1. The Morgan fingerprint density at radius 3 is 2.78 bits per heavy atom. The lowest BCUT2D eigenvalue weighted by atomic mass is 10.2. The van der Waals surface area contributed by atoms with Gasteiger partial charge in [-0.2, -0.15) is 0 Å². The normalized spacial score (nSPS) is 10.9. The molecule has 2 aromatic carbocycles. The van der Waals surface area contributed by atoms with Crippen LogP contribution in [-0.2, 0) is 16.2 Å². The minimum Gasteiger partial charge on any atom is -0.444 e. The van der Waals surface area contributed by atoms with Crippen LogP contribution < -0.4 is 5.32 Å². The molecule has 138 valence electrons. The fourth-order valence-corrected chi connectivity index (χ4v) is 2.07. The van der Waals surface area contributed by atoms with Gasteiger partial charge in [-0.05, 0) is 30.3 Å². The smallest absolute Gasteiger partial charge is 0.270 e. The largest absolute Gasteiger partial charge is 0.444 e. The molecule has 0 aliphatic carbocycles. The van der Waals surface area contributed by atoms with Gasteiger partial charge in [0, 0.05) is 11.6 Å². The van der Waals surface area contributed by atoms with Crippen LogP contribution in [0.3, 0.4) is 0 Å². The van der Waals surface area contributed by atoms with Crippen molar-refractivity contribution in [1.82, 2.24) is 4.98 Å². The zero-order valence-corrected chi connectivity index (χ0v) is 13.7. The summed E-state index contributed by atoms with van der Waals surface area (Å²) in [5.74, 6) is -2.64. The molecule has 0 aliphatic heterocycles. The van der Waals surface area contributed by atoms with Gasteiger partial charge in [-0.25, -0.2) is 18.2 Å². The van der Waals surface area contributed by atoms with Crippen molar-refractivity contribution in [2.24, 2.45) is 5.16 Å². The van der Waals surface area contributed by atoms with E-state index in [0.717, 1.165) is 18.3 Å². The zero-order chi connectivity index (χ0) is 19.2. The van der Waals surface area contributed by atoms with Crippen molar-refractivity contribution in [2.75, 3.05) is 5.32 Å². The molecule has 1 amide bonds. The molecule has 3 aromatic rings. The predicted molar refractivity (Wildman–Crippen MR) is 90.2 cm³/mol. The Labute approximate surface area is 151 Å². The molecule has 0 aliphatic rings. The number of carbonyl (C=O) groups is 1. The fraction of sp³-hybridized carbons (Fsp3) is 0.0556. The predicted octanol–water partition coefficient (Wildman–Crippen LogP) is 3.90. The SMILES string of the molecule is O=C(/C=N/OCc1coc(-c2cccc(F)c2)n1)Nc1ccc(F)cc1F. The Morgan fingerprint density at radius 1 is 1.19 bits per heavy atom. The number of rotatable bonds is 6. The third-order valence-electron chi connectivity index (χ3n) is 3.27. The van der Waals surface area contributed by atoms with Crippen LogP contribution in [0.2, 0.25) is 0 Å². The standard InChI is InChI=1S/C18H12F3N3O3/c19-12-3-1-2-11(6-12)18-23-14(9-26-18)10-27-22-8-17(25)24-16-5-4-13(20)7-15(16)21/h1-9H,10H2,(H,24,25)/b22-8+. The van der Waals surface area contributed by atoms with E-state index in [2.05, 4.69) is 15.5 Å². The number of oxime groups is 1. The summed E-state index contributed by atoms with van der Waals surface area (Å²) in [5.41, 5.74) is 0.644. The summed E-state index contributed by atoms with van der Waals surface area (Å²) in [7, 11) is 0. The topological polar surface area (TPSA) is 76.7 Å². The van der Waals surface area contributed by atoms with Gasteiger partial charge < -0.3 is 14.6 Å². The zero-order valence-electron chi connectivity index (χ0n) is 13.7. The summed E-state index contributed by atoms with van der Waals surface area (Å²) >= 11 is 0. The van der Waals surface area contributed by atoms with E-state index in [1.165, 1.54) is 24.5 Å². The number of carbonyl (C=O) groups excluding carboxylic acids is 1. The minimum atomic E-state index is -0.912. The number of hydrogen-bond donors (Lipinski definition) is 1. The Balaban J connectivity index is 1.51. The second-order valence-corrected chi connectivity index (χ2v) is 5.28. The number of oxazole rings is 1.